The van der Waals surface area contributed by atoms with E-state index in [1.165, 1.54) is 17.0 Å². The molecule has 2 amide bonds. The Morgan fingerprint density at radius 3 is 1.80 bits per heavy atom. The van der Waals surface area contributed by atoms with Crippen LogP contribution in [0.15, 0.2) is 58.2 Å². The Morgan fingerprint density at radius 1 is 0.860 bits per heavy atom. The first-order chi connectivity index (χ1) is 22.5. The molecule has 15 heteroatoms. The van der Waals surface area contributed by atoms with Crippen LogP contribution in [0.5, 0.6) is 0 Å². The lowest BCUT2D eigenvalue weighted by Gasteiger charge is -2.46. The summed E-state index contributed by atoms with van der Waals surface area (Å²) in [6.07, 6.45) is -1.19. The van der Waals surface area contributed by atoms with Crippen LogP contribution in [0.25, 0.3) is 0 Å². The summed E-state index contributed by atoms with van der Waals surface area (Å²) >= 11 is 3.55. The number of halogens is 1. The lowest BCUT2D eigenvalue weighted by atomic mass is 10.1. The zero-order chi connectivity index (χ0) is 38.5. The normalized spacial score (nSPS) is 24.8. The predicted octanol–water partition coefficient (Wildman–Crippen LogP) is 9.06. The SMILES string of the molecule is C=CC1C(Br)=C(OS(=O)(=O)c2ccccc2)NC(=O)N1[C@@H]1O[C@H](CO[Si](C)(C)C(C)(C)C)[C@@H](O[Si](C)(C)C(C)(C)C)[C@H]1O[Si](C)(C)C(C)(C)C. The van der Waals surface area contributed by atoms with Gasteiger partial charge in [0, 0.05) is 0 Å². The standard InChI is InChI=1S/C35H61BrN2O8SSi3/c1-17-25-27(36)30(44-47(40,41)24-21-19-18-20-22-24)37-32(39)38(25)31-29(46-50(15,16)35(8,9)10)28(45-49(13,14)34(5,6)7)26(43-31)23-42-48(11,12)33(2,3)4/h17-22,25-26,28-29,31H,1,23H2,2-16H3,(H,37,39)/t25?,26-,28-,29-,31-/m1/s1. The second-order valence-electron chi connectivity index (χ2n) is 17.9. The van der Waals surface area contributed by atoms with Gasteiger partial charge in [-0.25, -0.2) is 4.79 Å². The Balaban J connectivity index is 2.17. The summed E-state index contributed by atoms with van der Waals surface area (Å²) < 4.78 is 60.2. The van der Waals surface area contributed by atoms with Gasteiger partial charge in [0.2, 0.25) is 5.88 Å². The van der Waals surface area contributed by atoms with Gasteiger partial charge in [0.1, 0.15) is 23.2 Å². The quantitative estimate of drug-likeness (QED) is 0.126. The van der Waals surface area contributed by atoms with E-state index in [1.807, 2.05) is 0 Å². The molecule has 0 bridgehead atoms. The van der Waals surface area contributed by atoms with Gasteiger partial charge in [-0.15, -0.1) is 6.58 Å². The number of benzene rings is 1. The van der Waals surface area contributed by atoms with Gasteiger partial charge in [-0.3, -0.25) is 10.2 Å². The van der Waals surface area contributed by atoms with Crippen molar-refractivity contribution in [3.8, 4) is 0 Å². The van der Waals surface area contributed by atoms with Crippen molar-refractivity contribution in [3.63, 3.8) is 0 Å². The highest BCUT2D eigenvalue weighted by atomic mass is 79.9. The third-order valence-electron chi connectivity index (χ3n) is 11.1. The van der Waals surface area contributed by atoms with Gasteiger partial charge in [0.15, 0.2) is 31.2 Å². The Kier molecular flexibility index (Phi) is 12.8. The molecule has 2 aliphatic rings. The van der Waals surface area contributed by atoms with E-state index >= 15 is 0 Å². The average Bonchev–Trinajstić information content (AvgIpc) is 3.26. The number of ether oxygens (including phenoxy) is 1. The number of hydrogen-bond donors (Lipinski definition) is 1. The summed E-state index contributed by atoms with van der Waals surface area (Å²) in [6.45, 7) is 37.1. The lowest BCUT2D eigenvalue weighted by Crippen LogP contribution is -2.61. The molecular weight excluding hydrogens is 773 g/mol. The molecule has 1 N–H and O–H groups in total. The maximum absolute atomic E-state index is 14.2. The molecule has 0 radical (unpaired) electrons. The molecule has 0 aliphatic carbocycles. The van der Waals surface area contributed by atoms with E-state index in [-0.39, 0.29) is 37.0 Å². The molecule has 1 aromatic rings. The summed E-state index contributed by atoms with van der Waals surface area (Å²) in [6, 6.07) is 6.28. The Morgan fingerprint density at radius 2 is 1.34 bits per heavy atom. The second-order valence-corrected chi connectivity index (χ2v) is 34.6. The van der Waals surface area contributed by atoms with Crippen LogP contribution >= 0.6 is 15.9 Å². The predicted molar refractivity (Wildman–Crippen MR) is 211 cm³/mol. The van der Waals surface area contributed by atoms with Gasteiger partial charge in [-0.2, -0.15) is 8.42 Å². The number of carbonyl (C=O) groups excluding carboxylic acids is 1. The van der Waals surface area contributed by atoms with Crippen molar-refractivity contribution >= 4 is 57.0 Å². The van der Waals surface area contributed by atoms with Crippen molar-refractivity contribution in [1.82, 2.24) is 10.2 Å². The maximum Gasteiger partial charge on any atom is 0.340 e. The van der Waals surface area contributed by atoms with Crippen LogP contribution < -0.4 is 5.32 Å². The minimum atomic E-state index is -4.25. The molecular formula is C35H61BrN2O8SSi3. The molecule has 1 aromatic carbocycles. The van der Waals surface area contributed by atoms with E-state index in [0.717, 1.165) is 0 Å². The van der Waals surface area contributed by atoms with E-state index in [4.69, 9.17) is 22.2 Å². The first kappa shape index (κ1) is 43.1. The topological polar surface area (TPSA) is 113 Å². The van der Waals surface area contributed by atoms with Gasteiger partial charge in [0.25, 0.3) is 0 Å². The molecule has 0 spiro atoms. The largest absolute Gasteiger partial charge is 0.414 e. The highest BCUT2D eigenvalue weighted by Crippen LogP contribution is 2.46. The molecule has 5 atom stereocenters. The smallest absolute Gasteiger partial charge is 0.340 e. The number of nitrogens with zero attached hydrogens (tertiary/aromatic N) is 1. The van der Waals surface area contributed by atoms with Crippen LogP contribution in [0, 0.1) is 0 Å². The molecule has 1 unspecified atom stereocenters. The number of hydrogen-bond acceptors (Lipinski definition) is 8. The Hall–Kier alpha value is -1.31. The molecule has 1 fully saturated rings. The van der Waals surface area contributed by atoms with E-state index in [9.17, 15) is 13.2 Å². The van der Waals surface area contributed by atoms with Gasteiger partial charge in [-0.05, 0) is 82.5 Å². The van der Waals surface area contributed by atoms with Crippen molar-refractivity contribution in [2.24, 2.45) is 0 Å². The van der Waals surface area contributed by atoms with E-state index < -0.39 is 71.7 Å². The molecule has 284 valence electrons. The van der Waals surface area contributed by atoms with Crippen LogP contribution in [-0.2, 0) is 32.3 Å². The monoisotopic (exact) mass is 832 g/mol. The average molecular weight is 834 g/mol. The third-order valence-corrected chi connectivity index (χ3v) is 26.6. The summed E-state index contributed by atoms with van der Waals surface area (Å²) in [5.74, 6) is -0.244. The van der Waals surface area contributed by atoms with Gasteiger partial charge >= 0.3 is 16.1 Å². The van der Waals surface area contributed by atoms with Crippen molar-refractivity contribution in [1.29, 1.82) is 0 Å². The summed E-state index contributed by atoms with van der Waals surface area (Å²) in [5, 5.41) is 2.35. The van der Waals surface area contributed by atoms with Crippen LogP contribution in [0.1, 0.15) is 62.3 Å². The summed E-state index contributed by atoms with van der Waals surface area (Å²) in [5.41, 5.74) is 0. The minimum absolute atomic E-state index is 0.0370. The van der Waals surface area contributed by atoms with Crippen LogP contribution in [0.2, 0.25) is 54.4 Å². The Bertz CT molecular complexity index is 1530. The summed E-state index contributed by atoms with van der Waals surface area (Å²) in [4.78, 5) is 15.7. The molecule has 0 saturated carbocycles. The first-order valence-electron chi connectivity index (χ1n) is 17.2. The molecule has 3 rings (SSSR count). The fraction of sp³-hybridized carbons (Fsp3) is 0.686. The van der Waals surface area contributed by atoms with Crippen molar-refractivity contribution in [2.45, 2.75) is 152 Å². The number of carbonyl (C=O) groups is 1. The second kappa shape index (κ2) is 14.8. The van der Waals surface area contributed by atoms with E-state index in [2.05, 4.69) is 129 Å². The number of urea groups is 1. The molecule has 10 nitrogen and oxygen atoms in total. The van der Waals surface area contributed by atoms with Crippen molar-refractivity contribution in [3.05, 3.63) is 53.4 Å². The number of rotatable bonds is 12. The zero-order valence-electron chi connectivity index (χ0n) is 32.8. The van der Waals surface area contributed by atoms with E-state index in [1.54, 1.807) is 24.3 Å². The molecule has 50 heavy (non-hydrogen) atoms. The minimum Gasteiger partial charge on any atom is -0.414 e. The van der Waals surface area contributed by atoms with Crippen LogP contribution in [-0.4, -0.2) is 81.5 Å². The highest BCUT2D eigenvalue weighted by Gasteiger charge is 2.58. The van der Waals surface area contributed by atoms with E-state index in [0.29, 0.717) is 0 Å². The lowest BCUT2D eigenvalue weighted by molar-refractivity contribution is -0.0808. The number of amides is 2. The molecule has 2 heterocycles. The van der Waals surface area contributed by atoms with Gasteiger partial charge < -0.3 is 22.2 Å². The number of nitrogens with one attached hydrogen (secondary N) is 1. The fourth-order valence-corrected chi connectivity index (χ4v) is 10.0. The third kappa shape index (κ3) is 9.24. The fourth-order valence-electron chi connectivity index (χ4n) is 4.78. The zero-order valence-corrected chi connectivity index (χ0v) is 38.2. The van der Waals surface area contributed by atoms with Crippen LogP contribution in [0.3, 0.4) is 0 Å². The van der Waals surface area contributed by atoms with Crippen molar-refractivity contribution in [2.75, 3.05) is 6.61 Å². The summed E-state index contributed by atoms with van der Waals surface area (Å²) in [7, 11) is -11.4. The molecule has 1 saturated heterocycles. The molecule has 2 aliphatic heterocycles. The maximum atomic E-state index is 14.2. The highest BCUT2D eigenvalue weighted by molar-refractivity contribution is 9.11. The first-order valence-corrected chi connectivity index (χ1v) is 28.2. The van der Waals surface area contributed by atoms with Crippen LogP contribution in [0.4, 0.5) is 4.79 Å². The molecule has 0 aromatic heterocycles. The van der Waals surface area contributed by atoms with Crippen molar-refractivity contribution < 1.29 is 35.4 Å². The van der Waals surface area contributed by atoms with Gasteiger partial charge in [-0.1, -0.05) is 86.6 Å². The Labute approximate surface area is 313 Å². The van der Waals surface area contributed by atoms with Gasteiger partial charge in [0.05, 0.1) is 17.1 Å².